The van der Waals surface area contributed by atoms with Gasteiger partial charge in [-0.2, -0.15) is 13.2 Å². The van der Waals surface area contributed by atoms with E-state index >= 15 is 0 Å². The Morgan fingerprint density at radius 3 is 2.45 bits per heavy atom. The Labute approximate surface area is 167 Å². The molecule has 0 saturated carbocycles. The van der Waals surface area contributed by atoms with Gasteiger partial charge in [-0.15, -0.1) is 0 Å². The first-order valence-corrected chi connectivity index (χ1v) is 9.07. The quantitative estimate of drug-likeness (QED) is 0.580. The molecular formula is C18H14F3N3O4S. The van der Waals surface area contributed by atoms with Crippen LogP contribution < -0.4 is 4.90 Å². The van der Waals surface area contributed by atoms with Crippen LogP contribution in [0.4, 0.5) is 23.7 Å². The number of benzene rings is 1. The van der Waals surface area contributed by atoms with Gasteiger partial charge < -0.3 is 10.0 Å². The fourth-order valence-electron chi connectivity index (χ4n) is 2.83. The molecule has 152 valence electrons. The van der Waals surface area contributed by atoms with E-state index < -0.39 is 29.5 Å². The largest absolute Gasteiger partial charge is 0.477 e. The van der Waals surface area contributed by atoms with E-state index in [4.69, 9.17) is 5.11 Å². The van der Waals surface area contributed by atoms with Gasteiger partial charge in [0.1, 0.15) is 11.7 Å². The topological polar surface area (TPSA) is 90.8 Å². The minimum atomic E-state index is -4.44. The molecule has 1 aromatic carbocycles. The summed E-state index contributed by atoms with van der Waals surface area (Å²) in [6, 6.07) is 6.28. The second kappa shape index (κ2) is 7.74. The number of aromatic carboxylic acids is 1. The van der Waals surface area contributed by atoms with Crippen molar-refractivity contribution in [3.63, 3.8) is 0 Å². The van der Waals surface area contributed by atoms with Gasteiger partial charge >= 0.3 is 17.5 Å². The molecule has 1 N–H and O–H groups in total. The van der Waals surface area contributed by atoms with Gasteiger partial charge in [0, 0.05) is 17.6 Å². The molecule has 29 heavy (non-hydrogen) atoms. The minimum absolute atomic E-state index is 0.0208. The normalized spacial score (nSPS) is 17.2. The fourth-order valence-corrected chi connectivity index (χ4v) is 3.37. The number of pyridine rings is 1. The summed E-state index contributed by atoms with van der Waals surface area (Å²) in [5.74, 6) is -1.75. The van der Waals surface area contributed by atoms with E-state index in [0.717, 1.165) is 4.90 Å². The molecule has 7 nitrogen and oxygen atoms in total. The molecule has 3 amide bonds. The molecule has 0 aliphatic carbocycles. The molecule has 1 saturated heterocycles. The summed E-state index contributed by atoms with van der Waals surface area (Å²) in [7, 11) is 0. The van der Waals surface area contributed by atoms with Crippen LogP contribution in [0.3, 0.4) is 0 Å². The van der Waals surface area contributed by atoms with E-state index in [1.807, 2.05) is 0 Å². The predicted molar refractivity (Wildman–Crippen MR) is 97.4 cm³/mol. The molecule has 1 unspecified atom stereocenters. The number of hydrogen-bond donors (Lipinski definition) is 1. The molecule has 0 radical (unpaired) electrons. The van der Waals surface area contributed by atoms with Crippen LogP contribution in [0.1, 0.15) is 23.0 Å². The molecule has 11 heteroatoms. The number of hydrogen-bond acceptors (Lipinski definition) is 5. The monoisotopic (exact) mass is 425 g/mol. The highest BCUT2D eigenvalue weighted by atomic mass is 32.2. The number of imide groups is 1. The van der Waals surface area contributed by atoms with E-state index in [0.29, 0.717) is 5.56 Å². The minimum Gasteiger partial charge on any atom is -0.477 e. The third kappa shape index (κ3) is 4.50. The van der Waals surface area contributed by atoms with Crippen molar-refractivity contribution in [3.8, 4) is 0 Å². The molecule has 1 aliphatic heterocycles. The number of carbonyl (C=O) groups excluding carboxylic acids is 2. The zero-order valence-electron chi connectivity index (χ0n) is 14.9. The first-order chi connectivity index (χ1) is 13.6. The summed E-state index contributed by atoms with van der Waals surface area (Å²) >= 11 is -0.293. The lowest BCUT2D eigenvalue weighted by molar-refractivity contribution is -0.119. The number of alkyl halides is 3. The Hall–Kier alpha value is -3.08. The maximum absolute atomic E-state index is 12.8. The predicted octanol–water partition coefficient (Wildman–Crippen LogP) is 3.75. The standard InChI is InChI=1S/C18H14F3N3O4S/c1-10-15(25)24(12-2-4-13(5-3-12)29-18(19,20)21)17(28)23(10)9-11-6-7-22-14(8-11)16(26)27/h2-8,10H,9H2,1H3,(H,26,27). The maximum Gasteiger partial charge on any atom is 0.446 e. The Morgan fingerprint density at radius 2 is 1.86 bits per heavy atom. The van der Waals surface area contributed by atoms with E-state index in [2.05, 4.69) is 4.98 Å². The molecule has 2 heterocycles. The first kappa shape index (κ1) is 20.6. The van der Waals surface area contributed by atoms with Gasteiger partial charge in [0.05, 0.1) is 5.69 Å². The molecule has 1 fully saturated rings. The molecule has 1 aliphatic rings. The van der Waals surface area contributed by atoms with E-state index in [9.17, 15) is 27.6 Å². The zero-order valence-corrected chi connectivity index (χ0v) is 15.7. The Bertz CT molecular complexity index is 966. The summed E-state index contributed by atoms with van der Waals surface area (Å²) in [4.78, 5) is 42.2. The Morgan fingerprint density at radius 1 is 1.21 bits per heavy atom. The molecule has 1 atom stereocenters. The van der Waals surface area contributed by atoms with Gasteiger partial charge in [-0.1, -0.05) is 0 Å². The second-order valence-corrected chi connectivity index (χ2v) is 7.29. The summed E-state index contributed by atoms with van der Waals surface area (Å²) in [6.45, 7) is 1.50. The number of rotatable bonds is 5. The average molecular weight is 425 g/mol. The molecular weight excluding hydrogens is 411 g/mol. The number of thioether (sulfide) groups is 1. The second-order valence-electron chi connectivity index (χ2n) is 6.16. The van der Waals surface area contributed by atoms with E-state index in [-0.39, 0.29) is 34.6 Å². The van der Waals surface area contributed by atoms with Crippen LogP contribution in [0.2, 0.25) is 0 Å². The number of carboxylic acid groups (broad SMARTS) is 1. The van der Waals surface area contributed by atoms with E-state index in [1.54, 1.807) is 0 Å². The van der Waals surface area contributed by atoms with Crippen LogP contribution in [0, 0.1) is 0 Å². The smallest absolute Gasteiger partial charge is 0.446 e. The molecule has 0 spiro atoms. The van der Waals surface area contributed by atoms with Crippen molar-refractivity contribution in [1.82, 2.24) is 9.88 Å². The van der Waals surface area contributed by atoms with Crippen molar-refractivity contribution in [2.24, 2.45) is 0 Å². The zero-order chi connectivity index (χ0) is 21.3. The van der Waals surface area contributed by atoms with Crippen LogP contribution in [-0.4, -0.2) is 44.4 Å². The van der Waals surface area contributed by atoms with Crippen molar-refractivity contribution in [2.45, 2.75) is 29.9 Å². The Kier molecular flexibility index (Phi) is 5.51. The SMILES string of the molecule is CC1C(=O)N(c2ccc(SC(F)(F)F)cc2)C(=O)N1Cc1ccnc(C(=O)O)c1. The van der Waals surface area contributed by atoms with Crippen molar-refractivity contribution in [2.75, 3.05) is 4.90 Å². The summed E-state index contributed by atoms with van der Waals surface area (Å²) in [6.07, 6.45) is 1.29. The lowest BCUT2D eigenvalue weighted by Gasteiger charge is -2.19. The van der Waals surface area contributed by atoms with Crippen molar-refractivity contribution < 1.29 is 32.7 Å². The maximum atomic E-state index is 12.8. The number of carboxylic acids is 1. The van der Waals surface area contributed by atoms with Gasteiger partial charge in [0.2, 0.25) is 0 Å². The summed E-state index contributed by atoms with van der Waals surface area (Å²) in [5, 5.41) is 9.02. The van der Waals surface area contributed by atoms with E-state index in [1.165, 1.54) is 54.4 Å². The van der Waals surface area contributed by atoms with Crippen LogP contribution >= 0.6 is 11.8 Å². The molecule has 3 rings (SSSR count). The molecule has 0 bridgehead atoms. The highest BCUT2D eigenvalue weighted by Gasteiger charge is 2.43. The van der Waals surface area contributed by atoms with Crippen LogP contribution in [0.25, 0.3) is 0 Å². The highest BCUT2D eigenvalue weighted by molar-refractivity contribution is 8.00. The van der Waals surface area contributed by atoms with Gasteiger partial charge in [-0.25, -0.2) is 19.5 Å². The third-order valence-corrected chi connectivity index (χ3v) is 4.95. The average Bonchev–Trinajstić information content (AvgIpc) is 2.85. The van der Waals surface area contributed by atoms with Crippen LogP contribution in [0.5, 0.6) is 0 Å². The number of halogens is 3. The van der Waals surface area contributed by atoms with Crippen molar-refractivity contribution in [3.05, 3.63) is 53.9 Å². The number of aromatic nitrogens is 1. The summed E-state index contributed by atoms with van der Waals surface area (Å²) in [5.41, 5.74) is -4.00. The number of anilines is 1. The summed E-state index contributed by atoms with van der Waals surface area (Å²) < 4.78 is 37.4. The highest BCUT2D eigenvalue weighted by Crippen LogP contribution is 2.37. The van der Waals surface area contributed by atoms with Gasteiger partial charge in [0.25, 0.3) is 5.91 Å². The van der Waals surface area contributed by atoms with Gasteiger partial charge in [-0.3, -0.25) is 4.79 Å². The lowest BCUT2D eigenvalue weighted by Crippen LogP contribution is -2.33. The first-order valence-electron chi connectivity index (χ1n) is 8.25. The van der Waals surface area contributed by atoms with Gasteiger partial charge in [-0.05, 0) is 60.6 Å². The molecule has 2 aromatic rings. The molecule has 1 aromatic heterocycles. The van der Waals surface area contributed by atoms with Gasteiger partial charge in [0.15, 0.2) is 0 Å². The van der Waals surface area contributed by atoms with Crippen LogP contribution in [-0.2, 0) is 11.3 Å². The number of urea groups is 1. The van der Waals surface area contributed by atoms with Crippen molar-refractivity contribution >= 4 is 35.4 Å². The Balaban J connectivity index is 1.81. The van der Waals surface area contributed by atoms with Crippen molar-refractivity contribution in [1.29, 1.82) is 0 Å². The number of nitrogens with zero attached hydrogens (tertiary/aromatic N) is 3. The number of carbonyl (C=O) groups is 3. The fraction of sp³-hybridized carbons (Fsp3) is 0.222. The number of amides is 3. The van der Waals surface area contributed by atoms with Crippen LogP contribution in [0.15, 0.2) is 47.5 Å². The lowest BCUT2D eigenvalue weighted by atomic mass is 10.2. The third-order valence-electron chi connectivity index (χ3n) is 4.21.